The summed E-state index contributed by atoms with van der Waals surface area (Å²) < 4.78 is 42.5. The van der Waals surface area contributed by atoms with Crippen LogP contribution in [0.3, 0.4) is 0 Å². The van der Waals surface area contributed by atoms with E-state index in [0.717, 1.165) is 12.1 Å². The van der Waals surface area contributed by atoms with Crippen molar-refractivity contribution in [2.24, 2.45) is 0 Å². The first-order valence-corrected chi connectivity index (χ1v) is 5.95. The number of anilines is 1. The zero-order valence-electron chi connectivity index (χ0n) is 10.1. The van der Waals surface area contributed by atoms with Gasteiger partial charge in [0.05, 0.1) is 16.3 Å². The van der Waals surface area contributed by atoms with Crippen molar-refractivity contribution in [3.8, 4) is 5.75 Å². The van der Waals surface area contributed by atoms with Crippen LogP contribution in [0.25, 0.3) is 0 Å². The predicted molar refractivity (Wildman–Crippen MR) is 69.4 cm³/mol. The van der Waals surface area contributed by atoms with Gasteiger partial charge in [-0.15, -0.1) is 0 Å². The molecule has 0 amide bonds. The van der Waals surface area contributed by atoms with Crippen LogP contribution in [0.4, 0.5) is 19.0 Å². The number of benzene rings is 1. The topological polar surface area (TPSA) is 48.1 Å². The summed E-state index contributed by atoms with van der Waals surface area (Å²) in [7, 11) is 0. The van der Waals surface area contributed by atoms with Gasteiger partial charge in [-0.3, -0.25) is 0 Å². The van der Waals surface area contributed by atoms with E-state index < -0.39 is 11.7 Å². The summed E-state index contributed by atoms with van der Waals surface area (Å²) in [6, 6.07) is 7.50. The van der Waals surface area contributed by atoms with Crippen LogP contribution in [-0.2, 0) is 12.8 Å². The Morgan fingerprint density at radius 3 is 2.35 bits per heavy atom. The molecule has 1 aromatic carbocycles. The minimum absolute atomic E-state index is 0.0231. The van der Waals surface area contributed by atoms with Crippen LogP contribution in [0.15, 0.2) is 36.4 Å². The van der Waals surface area contributed by atoms with Gasteiger partial charge in [0.2, 0.25) is 0 Å². The van der Waals surface area contributed by atoms with Gasteiger partial charge in [-0.1, -0.05) is 11.6 Å². The summed E-state index contributed by atoms with van der Waals surface area (Å²) in [6.07, 6.45) is -4.36. The molecule has 0 aliphatic carbocycles. The van der Waals surface area contributed by atoms with Crippen molar-refractivity contribution in [3.63, 3.8) is 0 Å². The van der Waals surface area contributed by atoms with Crippen LogP contribution >= 0.6 is 11.6 Å². The lowest BCUT2D eigenvalue weighted by Gasteiger charge is -2.10. The molecule has 2 rings (SSSR count). The monoisotopic (exact) mass is 302 g/mol. The molecule has 0 saturated carbocycles. The fourth-order valence-corrected chi connectivity index (χ4v) is 1.65. The first-order valence-electron chi connectivity index (χ1n) is 5.57. The van der Waals surface area contributed by atoms with Crippen molar-refractivity contribution in [2.75, 3.05) is 5.73 Å². The van der Waals surface area contributed by atoms with Gasteiger partial charge >= 0.3 is 6.18 Å². The molecule has 0 fully saturated rings. The molecule has 3 nitrogen and oxygen atoms in total. The fraction of sp³-hybridized carbons (Fsp3) is 0.154. The third-order valence-electron chi connectivity index (χ3n) is 2.50. The number of nitrogens with two attached hydrogens (primary N) is 1. The van der Waals surface area contributed by atoms with Crippen LogP contribution in [-0.4, -0.2) is 4.98 Å². The molecule has 0 radical (unpaired) electrons. The Balaban J connectivity index is 2.06. The number of hydrogen-bond acceptors (Lipinski definition) is 3. The van der Waals surface area contributed by atoms with Gasteiger partial charge < -0.3 is 10.5 Å². The predicted octanol–water partition coefficient (Wildman–Crippen LogP) is 3.92. The highest BCUT2D eigenvalue weighted by molar-refractivity contribution is 6.31. The molecule has 1 aromatic heterocycles. The highest BCUT2D eigenvalue weighted by Gasteiger charge is 2.29. The number of nitrogens with zero attached hydrogens (tertiary/aromatic N) is 1. The Morgan fingerprint density at radius 2 is 1.75 bits per heavy atom. The van der Waals surface area contributed by atoms with Crippen molar-refractivity contribution >= 4 is 17.4 Å². The molecule has 0 unspecified atom stereocenters. The largest absolute Gasteiger partial charge is 0.487 e. The number of hydrogen-bond donors (Lipinski definition) is 1. The van der Waals surface area contributed by atoms with E-state index in [2.05, 4.69) is 4.98 Å². The smallest absolute Gasteiger partial charge is 0.416 e. The summed E-state index contributed by atoms with van der Waals surface area (Å²) in [5.41, 5.74) is 5.21. The Bertz CT molecular complexity index is 600. The van der Waals surface area contributed by atoms with E-state index in [1.807, 2.05) is 0 Å². The van der Waals surface area contributed by atoms with E-state index in [-0.39, 0.29) is 6.61 Å². The molecule has 7 heteroatoms. The second-order valence-electron chi connectivity index (χ2n) is 3.98. The zero-order chi connectivity index (χ0) is 14.8. The zero-order valence-corrected chi connectivity index (χ0v) is 10.9. The van der Waals surface area contributed by atoms with Gasteiger partial charge in [-0.25, -0.2) is 4.98 Å². The molecule has 0 bridgehead atoms. The number of halogens is 4. The lowest BCUT2D eigenvalue weighted by Crippen LogP contribution is -2.05. The number of rotatable bonds is 3. The number of ether oxygens (including phenoxy) is 1. The van der Waals surface area contributed by atoms with Gasteiger partial charge in [0, 0.05) is 0 Å². The van der Waals surface area contributed by atoms with E-state index >= 15 is 0 Å². The van der Waals surface area contributed by atoms with Crippen LogP contribution in [0.1, 0.15) is 11.3 Å². The van der Waals surface area contributed by atoms with Crippen LogP contribution < -0.4 is 10.5 Å². The number of nitrogen functional groups attached to an aromatic ring is 1. The van der Waals surface area contributed by atoms with E-state index in [9.17, 15) is 13.2 Å². The van der Waals surface area contributed by atoms with Crippen molar-refractivity contribution in [1.29, 1.82) is 0 Å². The molecule has 0 spiro atoms. The second-order valence-corrected chi connectivity index (χ2v) is 4.38. The standard InChI is InChI=1S/C13H10ClF3N2O/c14-10-5-6-12(18)19-11(10)7-20-9-3-1-8(2-4-9)13(15,16)17/h1-6H,7H2,(H2,18,19). The van der Waals surface area contributed by atoms with Gasteiger partial charge in [-0.2, -0.15) is 13.2 Å². The van der Waals surface area contributed by atoms with E-state index in [1.165, 1.54) is 12.1 Å². The summed E-state index contributed by atoms with van der Waals surface area (Å²) in [5.74, 6) is 0.582. The average molecular weight is 303 g/mol. The van der Waals surface area contributed by atoms with Crippen LogP contribution in [0.2, 0.25) is 5.02 Å². The van der Waals surface area contributed by atoms with Gasteiger partial charge in [-0.05, 0) is 36.4 Å². The molecule has 0 atom stereocenters. The first kappa shape index (κ1) is 14.5. The van der Waals surface area contributed by atoms with Crippen molar-refractivity contribution < 1.29 is 17.9 Å². The Morgan fingerprint density at radius 1 is 1.10 bits per heavy atom. The van der Waals surface area contributed by atoms with Crippen LogP contribution in [0.5, 0.6) is 5.75 Å². The fourth-order valence-electron chi connectivity index (χ4n) is 1.49. The SMILES string of the molecule is Nc1ccc(Cl)c(COc2ccc(C(F)(F)F)cc2)n1. The molecule has 20 heavy (non-hydrogen) atoms. The number of pyridine rings is 1. The number of aromatic nitrogens is 1. The Labute approximate surface area is 118 Å². The third-order valence-corrected chi connectivity index (χ3v) is 2.84. The molecule has 0 aliphatic heterocycles. The van der Waals surface area contributed by atoms with Crippen molar-refractivity contribution in [3.05, 3.63) is 52.7 Å². The molecular formula is C13H10ClF3N2O. The molecule has 106 valence electrons. The maximum atomic E-state index is 12.4. The molecule has 0 saturated heterocycles. The minimum atomic E-state index is -4.36. The molecule has 1 heterocycles. The lowest BCUT2D eigenvalue weighted by molar-refractivity contribution is -0.137. The first-order chi connectivity index (χ1) is 9.36. The highest BCUT2D eigenvalue weighted by Crippen LogP contribution is 2.30. The lowest BCUT2D eigenvalue weighted by atomic mass is 10.2. The average Bonchev–Trinajstić information content (AvgIpc) is 2.39. The summed E-state index contributed by atoms with van der Waals surface area (Å²) >= 11 is 5.90. The quantitative estimate of drug-likeness (QED) is 0.935. The van der Waals surface area contributed by atoms with Gasteiger partial charge in [0.25, 0.3) is 0 Å². The summed E-state index contributed by atoms with van der Waals surface area (Å²) in [4.78, 5) is 3.99. The molecular weight excluding hydrogens is 293 g/mol. The molecule has 2 N–H and O–H groups in total. The highest BCUT2D eigenvalue weighted by atomic mass is 35.5. The Kier molecular flexibility index (Phi) is 4.04. The van der Waals surface area contributed by atoms with Gasteiger partial charge in [0.1, 0.15) is 18.2 Å². The minimum Gasteiger partial charge on any atom is -0.487 e. The summed E-state index contributed by atoms with van der Waals surface area (Å²) in [6.45, 7) is 0.0231. The van der Waals surface area contributed by atoms with E-state index in [0.29, 0.717) is 22.3 Å². The second kappa shape index (κ2) is 5.58. The van der Waals surface area contributed by atoms with Crippen molar-refractivity contribution in [2.45, 2.75) is 12.8 Å². The number of alkyl halides is 3. The van der Waals surface area contributed by atoms with Crippen LogP contribution in [0, 0.1) is 0 Å². The van der Waals surface area contributed by atoms with E-state index in [1.54, 1.807) is 12.1 Å². The summed E-state index contributed by atoms with van der Waals surface area (Å²) in [5, 5.41) is 0.381. The maximum absolute atomic E-state index is 12.4. The molecule has 2 aromatic rings. The van der Waals surface area contributed by atoms with Gasteiger partial charge in [0.15, 0.2) is 0 Å². The van der Waals surface area contributed by atoms with E-state index in [4.69, 9.17) is 22.1 Å². The maximum Gasteiger partial charge on any atom is 0.416 e. The normalized spacial score (nSPS) is 11.4. The Hall–Kier alpha value is -1.95. The van der Waals surface area contributed by atoms with Crippen molar-refractivity contribution in [1.82, 2.24) is 4.98 Å². The third kappa shape index (κ3) is 3.54. The molecule has 0 aliphatic rings.